The van der Waals surface area contributed by atoms with Crippen LogP contribution in [0.25, 0.3) is 0 Å². The van der Waals surface area contributed by atoms with Crippen LogP contribution in [-0.2, 0) is 13.2 Å². The summed E-state index contributed by atoms with van der Waals surface area (Å²) in [5.41, 5.74) is 3.78. The molecule has 2 aromatic heterocycles. The molecule has 3 aromatic rings. The molecule has 130 valence electrons. The molecule has 1 aromatic carbocycles. The number of rotatable bonds is 6. The van der Waals surface area contributed by atoms with E-state index in [9.17, 15) is 4.79 Å². The fraction of sp³-hybridized carbons (Fsp3) is 0.263. The first kappa shape index (κ1) is 17.2. The van der Waals surface area contributed by atoms with Crippen molar-refractivity contribution in [2.75, 3.05) is 5.32 Å². The van der Waals surface area contributed by atoms with Gasteiger partial charge in [0.25, 0.3) is 5.91 Å². The Kier molecular flexibility index (Phi) is 5.19. The molecule has 0 unspecified atom stereocenters. The van der Waals surface area contributed by atoms with Gasteiger partial charge in [-0.05, 0) is 43.8 Å². The Hall–Kier alpha value is -2.60. The summed E-state index contributed by atoms with van der Waals surface area (Å²) < 4.78 is 7.69. The molecular weight excluding hydrogens is 334 g/mol. The minimum absolute atomic E-state index is 0.120. The molecule has 25 heavy (non-hydrogen) atoms. The molecule has 0 spiro atoms. The third kappa shape index (κ3) is 3.91. The second-order valence-electron chi connectivity index (χ2n) is 5.79. The van der Waals surface area contributed by atoms with Crippen molar-refractivity contribution in [2.24, 2.45) is 0 Å². The molecule has 6 heteroatoms. The molecule has 0 atom stereocenters. The highest BCUT2D eigenvalue weighted by molar-refractivity contribution is 7.12. The van der Waals surface area contributed by atoms with Crippen LogP contribution in [0, 0.1) is 13.8 Å². The molecule has 0 saturated heterocycles. The Morgan fingerprint density at radius 2 is 2.12 bits per heavy atom. The van der Waals surface area contributed by atoms with E-state index < -0.39 is 0 Å². The molecule has 0 aliphatic heterocycles. The Balaban J connectivity index is 1.63. The number of ether oxygens (including phenoxy) is 1. The number of hydrogen-bond donors (Lipinski definition) is 1. The summed E-state index contributed by atoms with van der Waals surface area (Å²) in [5.74, 6) is 0.744. The predicted molar refractivity (Wildman–Crippen MR) is 100 cm³/mol. The van der Waals surface area contributed by atoms with Crippen molar-refractivity contribution in [3.05, 3.63) is 63.6 Å². The number of thiophene rings is 1. The highest BCUT2D eigenvalue weighted by Gasteiger charge is 2.13. The first-order valence-corrected chi connectivity index (χ1v) is 9.06. The first-order valence-electron chi connectivity index (χ1n) is 8.18. The van der Waals surface area contributed by atoms with Crippen molar-refractivity contribution in [2.45, 2.75) is 33.9 Å². The molecule has 1 N–H and O–H groups in total. The Labute approximate surface area is 151 Å². The smallest absolute Gasteiger partial charge is 0.265 e. The molecule has 0 fully saturated rings. The molecule has 5 nitrogen and oxygen atoms in total. The Morgan fingerprint density at radius 3 is 2.84 bits per heavy atom. The summed E-state index contributed by atoms with van der Waals surface area (Å²) in [6, 6.07) is 9.77. The van der Waals surface area contributed by atoms with E-state index in [2.05, 4.69) is 10.4 Å². The SMILES string of the molecule is CCn1ncc(NC(=O)c2cc(COc3ccccc3C)cs2)c1C. The van der Waals surface area contributed by atoms with Gasteiger partial charge in [-0.25, -0.2) is 0 Å². The molecule has 0 aliphatic rings. The van der Waals surface area contributed by atoms with Gasteiger partial charge in [-0.2, -0.15) is 5.10 Å². The van der Waals surface area contributed by atoms with Crippen LogP contribution in [0.3, 0.4) is 0 Å². The number of aromatic nitrogens is 2. The zero-order valence-corrected chi connectivity index (χ0v) is 15.4. The maximum Gasteiger partial charge on any atom is 0.265 e. The zero-order valence-electron chi connectivity index (χ0n) is 14.6. The summed E-state index contributed by atoms with van der Waals surface area (Å²) in [6.45, 7) is 7.21. The lowest BCUT2D eigenvalue weighted by Gasteiger charge is -2.07. The van der Waals surface area contributed by atoms with Gasteiger partial charge in [-0.3, -0.25) is 9.48 Å². The topological polar surface area (TPSA) is 56.2 Å². The lowest BCUT2D eigenvalue weighted by atomic mass is 10.2. The maximum absolute atomic E-state index is 12.4. The van der Waals surface area contributed by atoms with E-state index in [-0.39, 0.29) is 5.91 Å². The number of aryl methyl sites for hydroxylation is 2. The largest absolute Gasteiger partial charge is 0.489 e. The number of carbonyl (C=O) groups is 1. The predicted octanol–water partition coefficient (Wildman–Crippen LogP) is 4.41. The molecule has 1 amide bonds. The lowest BCUT2D eigenvalue weighted by molar-refractivity contribution is 0.103. The van der Waals surface area contributed by atoms with E-state index in [0.717, 1.165) is 34.8 Å². The van der Waals surface area contributed by atoms with E-state index in [0.29, 0.717) is 11.5 Å². The number of carbonyl (C=O) groups excluding carboxylic acids is 1. The summed E-state index contributed by atoms with van der Waals surface area (Å²) in [4.78, 5) is 13.1. The summed E-state index contributed by atoms with van der Waals surface area (Å²) in [7, 11) is 0. The standard InChI is InChI=1S/C19H21N3O2S/c1-4-22-14(3)16(10-20-22)21-19(23)18-9-15(12-25-18)11-24-17-8-6-5-7-13(17)2/h5-10,12H,4,11H2,1-3H3,(H,21,23). The number of hydrogen-bond acceptors (Lipinski definition) is 4. The van der Waals surface area contributed by atoms with Crippen molar-refractivity contribution < 1.29 is 9.53 Å². The molecule has 0 aliphatic carbocycles. The third-order valence-electron chi connectivity index (χ3n) is 4.02. The molecule has 2 heterocycles. The van der Waals surface area contributed by atoms with Crippen LogP contribution in [0.1, 0.15) is 33.4 Å². The molecule has 3 rings (SSSR count). The van der Waals surface area contributed by atoms with Crippen molar-refractivity contribution in [1.29, 1.82) is 0 Å². The molecular formula is C19H21N3O2S. The van der Waals surface area contributed by atoms with Gasteiger partial charge in [0.05, 0.1) is 22.5 Å². The molecule has 0 bridgehead atoms. The van der Waals surface area contributed by atoms with E-state index in [1.165, 1.54) is 11.3 Å². The number of anilines is 1. The average molecular weight is 355 g/mol. The summed E-state index contributed by atoms with van der Waals surface area (Å²) in [5, 5.41) is 9.12. The van der Waals surface area contributed by atoms with E-state index in [1.54, 1.807) is 6.20 Å². The minimum Gasteiger partial charge on any atom is -0.489 e. The van der Waals surface area contributed by atoms with Gasteiger partial charge in [-0.15, -0.1) is 11.3 Å². The number of nitrogens with one attached hydrogen (secondary N) is 1. The third-order valence-corrected chi connectivity index (χ3v) is 4.99. The monoisotopic (exact) mass is 355 g/mol. The van der Waals surface area contributed by atoms with Gasteiger partial charge < -0.3 is 10.1 Å². The summed E-state index contributed by atoms with van der Waals surface area (Å²) in [6.07, 6.45) is 1.69. The fourth-order valence-electron chi connectivity index (χ4n) is 2.52. The van der Waals surface area contributed by atoms with Gasteiger partial charge in [0, 0.05) is 12.1 Å². The van der Waals surface area contributed by atoms with Crippen LogP contribution in [0.5, 0.6) is 5.75 Å². The normalized spacial score (nSPS) is 10.7. The van der Waals surface area contributed by atoms with Crippen LogP contribution in [0.15, 0.2) is 41.9 Å². The van der Waals surface area contributed by atoms with Crippen LogP contribution < -0.4 is 10.1 Å². The van der Waals surface area contributed by atoms with Gasteiger partial charge in [0.2, 0.25) is 0 Å². The van der Waals surface area contributed by atoms with Gasteiger partial charge in [-0.1, -0.05) is 18.2 Å². The highest BCUT2D eigenvalue weighted by Crippen LogP contribution is 2.22. The van der Waals surface area contributed by atoms with E-state index in [1.807, 2.05) is 61.2 Å². The molecule has 0 radical (unpaired) electrons. The Morgan fingerprint density at radius 1 is 1.32 bits per heavy atom. The van der Waals surface area contributed by atoms with E-state index >= 15 is 0 Å². The van der Waals surface area contributed by atoms with Crippen molar-refractivity contribution in [3.63, 3.8) is 0 Å². The number of nitrogens with zero attached hydrogens (tertiary/aromatic N) is 2. The lowest BCUT2D eigenvalue weighted by Crippen LogP contribution is -2.11. The van der Waals surface area contributed by atoms with Crippen LogP contribution >= 0.6 is 11.3 Å². The first-order chi connectivity index (χ1) is 12.1. The van der Waals surface area contributed by atoms with Crippen LogP contribution in [0.2, 0.25) is 0 Å². The van der Waals surface area contributed by atoms with Gasteiger partial charge in [0.1, 0.15) is 12.4 Å². The van der Waals surface area contributed by atoms with Crippen LogP contribution in [-0.4, -0.2) is 15.7 Å². The van der Waals surface area contributed by atoms with Crippen LogP contribution in [0.4, 0.5) is 5.69 Å². The quantitative estimate of drug-likeness (QED) is 0.712. The highest BCUT2D eigenvalue weighted by atomic mass is 32.1. The minimum atomic E-state index is -0.120. The maximum atomic E-state index is 12.4. The number of benzene rings is 1. The summed E-state index contributed by atoms with van der Waals surface area (Å²) >= 11 is 1.42. The number of amides is 1. The van der Waals surface area contributed by atoms with Crippen molar-refractivity contribution in [3.8, 4) is 5.75 Å². The van der Waals surface area contributed by atoms with Gasteiger partial charge in [0.15, 0.2) is 0 Å². The number of para-hydroxylation sites is 1. The van der Waals surface area contributed by atoms with Gasteiger partial charge >= 0.3 is 0 Å². The zero-order chi connectivity index (χ0) is 17.8. The second kappa shape index (κ2) is 7.53. The molecule has 0 saturated carbocycles. The Bertz CT molecular complexity index is 882. The van der Waals surface area contributed by atoms with Crippen molar-refractivity contribution >= 4 is 22.9 Å². The fourth-order valence-corrected chi connectivity index (χ4v) is 3.31. The van der Waals surface area contributed by atoms with Crippen molar-refractivity contribution in [1.82, 2.24) is 9.78 Å². The van der Waals surface area contributed by atoms with E-state index in [4.69, 9.17) is 4.74 Å². The second-order valence-corrected chi connectivity index (χ2v) is 6.70. The average Bonchev–Trinajstić information content (AvgIpc) is 3.22.